The van der Waals surface area contributed by atoms with Crippen LogP contribution >= 0.6 is 0 Å². The van der Waals surface area contributed by atoms with Gasteiger partial charge in [-0.1, -0.05) is 12.1 Å². The van der Waals surface area contributed by atoms with Crippen LogP contribution in [0.15, 0.2) is 53.5 Å². The summed E-state index contributed by atoms with van der Waals surface area (Å²) < 4.78 is 10.7. The number of carbonyl (C=O) groups excluding carboxylic acids is 1. The number of benzene rings is 2. The van der Waals surface area contributed by atoms with Crippen LogP contribution in [0.4, 0.5) is 11.4 Å². The Labute approximate surface area is 183 Å². The number of anilines is 2. The lowest BCUT2D eigenvalue weighted by atomic mass is 9.85. The van der Waals surface area contributed by atoms with Crippen molar-refractivity contribution in [3.05, 3.63) is 54.1 Å². The van der Waals surface area contributed by atoms with E-state index < -0.39 is 5.54 Å². The first kappa shape index (κ1) is 21.2. The number of rotatable bonds is 6. The molecule has 2 aliphatic rings. The molecule has 31 heavy (non-hydrogen) atoms. The zero-order valence-electron chi connectivity index (χ0n) is 18.2. The number of piperidine rings is 1. The number of methoxy groups -OCH3 is 1. The van der Waals surface area contributed by atoms with Crippen LogP contribution in [0, 0.1) is 0 Å². The van der Waals surface area contributed by atoms with Crippen LogP contribution in [0.25, 0.3) is 0 Å². The maximum absolute atomic E-state index is 13.3. The number of para-hydroxylation sites is 2. The van der Waals surface area contributed by atoms with Crippen molar-refractivity contribution in [3.8, 4) is 5.75 Å². The van der Waals surface area contributed by atoms with E-state index in [0.29, 0.717) is 31.9 Å². The summed E-state index contributed by atoms with van der Waals surface area (Å²) in [6.07, 6.45) is 1.79. The van der Waals surface area contributed by atoms with E-state index in [0.717, 1.165) is 42.3 Å². The minimum Gasteiger partial charge on any atom is -0.494 e. The van der Waals surface area contributed by atoms with E-state index in [2.05, 4.69) is 16.7 Å². The van der Waals surface area contributed by atoms with Gasteiger partial charge in [0.25, 0.3) is 5.91 Å². The maximum Gasteiger partial charge on any atom is 0.253 e. The number of ether oxygens (including phenoxy) is 2. The highest BCUT2D eigenvalue weighted by Crippen LogP contribution is 2.36. The lowest BCUT2D eigenvalue weighted by Crippen LogP contribution is -2.62. The molecule has 1 saturated heterocycles. The largest absolute Gasteiger partial charge is 0.494 e. The topological polar surface area (TPSA) is 75.2 Å². The van der Waals surface area contributed by atoms with Crippen LogP contribution in [0.3, 0.4) is 0 Å². The molecule has 2 N–H and O–H groups in total. The number of aliphatic imine (C=N–C) groups is 1. The molecule has 4 rings (SSSR count). The third-order valence-corrected chi connectivity index (χ3v) is 5.76. The van der Waals surface area contributed by atoms with Gasteiger partial charge in [-0.25, -0.2) is 0 Å². The quantitative estimate of drug-likeness (QED) is 0.695. The Morgan fingerprint density at radius 1 is 1.16 bits per heavy atom. The van der Waals surface area contributed by atoms with E-state index in [1.54, 1.807) is 7.11 Å². The Hall–Kier alpha value is -3.06. The summed E-state index contributed by atoms with van der Waals surface area (Å²) in [5.41, 5.74) is 2.26. The van der Waals surface area contributed by atoms with Gasteiger partial charge in [-0.05, 0) is 56.2 Å². The van der Waals surface area contributed by atoms with Crippen molar-refractivity contribution in [3.63, 3.8) is 0 Å². The van der Waals surface area contributed by atoms with E-state index in [9.17, 15) is 4.79 Å². The fraction of sp³-hybridized carbons (Fsp3) is 0.417. The highest BCUT2D eigenvalue weighted by Gasteiger charge is 2.44. The number of amidine groups is 1. The number of likely N-dealkylation sites (tertiary alicyclic amines) is 1. The van der Waals surface area contributed by atoms with Crippen molar-refractivity contribution in [1.29, 1.82) is 0 Å². The maximum atomic E-state index is 13.3. The number of nitrogens with one attached hydrogen (secondary N) is 2. The number of nitrogens with zero attached hydrogens (tertiary/aromatic N) is 2. The zero-order valence-corrected chi connectivity index (χ0v) is 18.2. The number of amides is 1. The van der Waals surface area contributed by atoms with Gasteiger partial charge in [0, 0.05) is 19.2 Å². The molecule has 0 aliphatic carbocycles. The molecule has 0 radical (unpaired) electrons. The molecule has 1 spiro atoms. The molecule has 1 fully saturated rings. The van der Waals surface area contributed by atoms with Crippen molar-refractivity contribution in [2.24, 2.45) is 4.99 Å². The fourth-order valence-corrected chi connectivity index (χ4v) is 4.27. The molecule has 2 aliphatic heterocycles. The van der Waals surface area contributed by atoms with Gasteiger partial charge in [0.2, 0.25) is 0 Å². The predicted molar refractivity (Wildman–Crippen MR) is 123 cm³/mol. The standard InChI is InChI=1S/C24H30N4O3/c1-3-31-19-11-9-18(10-12-19)22(29)28-15-6-13-24(17-28)23(25-14-16-30-2)26-20-7-4-5-8-21(20)27-24/h4-5,7-12,27H,3,6,13-17H2,1-2H3,(H,25,26)/t24-/m0/s1. The highest BCUT2D eigenvalue weighted by atomic mass is 16.5. The second kappa shape index (κ2) is 9.39. The first-order valence-corrected chi connectivity index (χ1v) is 10.9. The average molecular weight is 423 g/mol. The van der Waals surface area contributed by atoms with Crippen molar-refractivity contribution in [2.45, 2.75) is 25.3 Å². The van der Waals surface area contributed by atoms with Gasteiger partial charge in [0.15, 0.2) is 0 Å². The van der Waals surface area contributed by atoms with Gasteiger partial charge in [0.05, 0.1) is 37.7 Å². The van der Waals surface area contributed by atoms with Crippen molar-refractivity contribution >= 4 is 23.1 Å². The molecule has 0 saturated carbocycles. The van der Waals surface area contributed by atoms with E-state index in [4.69, 9.17) is 14.5 Å². The smallest absolute Gasteiger partial charge is 0.253 e. The Morgan fingerprint density at radius 2 is 1.94 bits per heavy atom. The van der Waals surface area contributed by atoms with Gasteiger partial charge < -0.3 is 25.0 Å². The summed E-state index contributed by atoms with van der Waals surface area (Å²) in [6.45, 7) is 4.94. The first-order valence-electron chi connectivity index (χ1n) is 10.9. The average Bonchev–Trinajstić information content (AvgIpc) is 2.80. The van der Waals surface area contributed by atoms with E-state index in [1.807, 2.05) is 54.3 Å². The molecular formula is C24H30N4O3. The van der Waals surface area contributed by atoms with Crippen LogP contribution in [-0.2, 0) is 4.74 Å². The van der Waals surface area contributed by atoms with E-state index in [-0.39, 0.29) is 5.91 Å². The zero-order chi connectivity index (χ0) is 21.7. The van der Waals surface area contributed by atoms with Gasteiger partial charge in [-0.3, -0.25) is 9.79 Å². The van der Waals surface area contributed by atoms with Gasteiger partial charge in [-0.15, -0.1) is 0 Å². The summed E-state index contributed by atoms with van der Waals surface area (Å²) in [4.78, 5) is 20.0. The van der Waals surface area contributed by atoms with Crippen molar-refractivity contribution in [1.82, 2.24) is 4.90 Å². The van der Waals surface area contributed by atoms with Crippen LogP contribution in [0.1, 0.15) is 30.1 Å². The molecule has 2 heterocycles. The summed E-state index contributed by atoms with van der Waals surface area (Å²) in [5.74, 6) is 1.67. The Morgan fingerprint density at radius 3 is 2.68 bits per heavy atom. The Bertz CT molecular complexity index is 944. The minimum atomic E-state index is -0.443. The summed E-state index contributed by atoms with van der Waals surface area (Å²) in [5, 5.41) is 7.22. The van der Waals surface area contributed by atoms with E-state index >= 15 is 0 Å². The second-order valence-corrected chi connectivity index (χ2v) is 7.89. The molecule has 0 unspecified atom stereocenters. The van der Waals surface area contributed by atoms with Crippen LogP contribution < -0.4 is 15.4 Å². The molecular weight excluding hydrogens is 392 g/mol. The summed E-state index contributed by atoms with van der Waals surface area (Å²) >= 11 is 0. The number of hydrogen-bond acceptors (Lipinski definition) is 5. The molecule has 7 nitrogen and oxygen atoms in total. The van der Waals surface area contributed by atoms with Gasteiger partial charge in [0.1, 0.15) is 17.1 Å². The molecule has 0 bridgehead atoms. The Kier molecular flexibility index (Phi) is 6.42. The lowest BCUT2D eigenvalue weighted by molar-refractivity contribution is 0.0694. The number of fused-ring (bicyclic) bond motifs is 1. The monoisotopic (exact) mass is 422 g/mol. The first-order chi connectivity index (χ1) is 15.1. The second-order valence-electron chi connectivity index (χ2n) is 7.89. The molecule has 1 atom stereocenters. The Balaban J connectivity index is 1.59. The molecule has 2 aromatic rings. The fourth-order valence-electron chi connectivity index (χ4n) is 4.27. The lowest BCUT2D eigenvalue weighted by Gasteiger charge is -2.47. The van der Waals surface area contributed by atoms with Gasteiger partial charge in [-0.2, -0.15) is 0 Å². The summed E-state index contributed by atoms with van der Waals surface area (Å²) in [7, 11) is 1.68. The normalized spacial score (nSPS) is 21.4. The molecule has 0 aromatic heterocycles. The third kappa shape index (κ3) is 4.51. The molecule has 164 valence electrons. The van der Waals surface area contributed by atoms with Crippen molar-refractivity contribution < 1.29 is 14.3 Å². The van der Waals surface area contributed by atoms with Crippen molar-refractivity contribution in [2.75, 3.05) is 50.6 Å². The number of hydrogen-bond donors (Lipinski definition) is 2. The molecule has 7 heteroatoms. The van der Waals surface area contributed by atoms with Gasteiger partial charge >= 0.3 is 0 Å². The van der Waals surface area contributed by atoms with Crippen LogP contribution in [-0.4, -0.2) is 62.1 Å². The SMILES string of the molecule is CCOc1ccc(C(=O)N2CCC[C@@]3(C2)Nc2ccccc2NC3=NCCOC)cc1. The number of carbonyl (C=O) groups is 1. The predicted octanol–water partition coefficient (Wildman–Crippen LogP) is 3.64. The third-order valence-electron chi connectivity index (χ3n) is 5.76. The highest BCUT2D eigenvalue weighted by molar-refractivity contribution is 6.10. The molecule has 1 amide bonds. The minimum absolute atomic E-state index is 0.0269. The van der Waals surface area contributed by atoms with Crippen LogP contribution in [0.2, 0.25) is 0 Å². The summed E-state index contributed by atoms with van der Waals surface area (Å²) in [6, 6.07) is 15.5. The van der Waals surface area contributed by atoms with Crippen LogP contribution in [0.5, 0.6) is 5.75 Å². The molecule has 2 aromatic carbocycles. The van der Waals surface area contributed by atoms with E-state index in [1.165, 1.54) is 0 Å².